The van der Waals surface area contributed by atoms with Gasteiger partial charge in [-0.2, -0.15) is 0 Å². The molecule has 26 heavy (non-hydrogen) atoms. The topological polar surface area (TPSA) is 61.4 Å². The Bertz CT molecular complexity index is 799. The van der Waals surface area contributed by atoms with E-state index in [9.17, 15) is 9.59 Å². The zero-order valence-electron chi connectivity index (χ0n) is 14.0. The number of halogens is 2. The molecule has 0 radical (unpaired) electrons. The van der Waals surface area contributed by atoms with Crippen molar-refractivity contribution in [1.82, 2.24) is 4.90 Å². The number of hydrogen-bond donors (Lipinski definition) is 2. The third-order valence-corrected chi connectivity index (χ3v) is 5.03. The lowest BCUT2D eigenvalue weighted by Gasteiger charge is -2.32. The molecule has 0 unspecified atom stereocenters. The molecule has 3 amide bonds. The van der Waals surface area contributed by atoms with Crippen molar-refractivity contribution in [2.45, 2.75) is 12.8 Å². The zero-order chi connectivity index (χ0) is 18.5. The average molecular weight is 392 g/mol. The maximum absolute atomic E-state index is 12.5. The van der Waals surface area contributed by atoms with E-state index in [0.29, 0.717) is 28.8 Å². The number of rotatable bonds is 3. The van der Waals surface area contributed by atoms with E-state index in [1.54, 1.807) is 23.1 Å². The Labute approximate surface area is 162 Å². The Morgan fingerprint density at radius 3 is 2.46 bits per heavy atom. The minimum atomic E-state index is -0.264. The van der Waals surface area contributed by atoms with Gasteiger partial charge in [0.1, 0.15) is 0 Å². The van der Waals surface area contributed by atoms with E-state index < -0.39 is 0 Å². The highest BCUT2D eigenvalue weighted by Crippen LogP contribution is 2.26. The van der Waals surface area contributed by atoms with E-state index in [-0.39, 0.29) is 17.9 Å². The molecule has 7 heteroatoms. The van der Waals surface area contributed by atoms with Gasteiger partial charge in [0.25, 0.3) is 0 Å². The van der Waals surface area contributed by atoms with Gasteiger partial charge in [0, 0.05) is 24.5 Å². The summed E-state index contributed by atoms with van der Waals surface area (Å²) in [5, 5.41) is 6.53. The molecule has 136 valence electrons. The summed E-state index contributed by atoms with van der Waals surface area (Å²) < 4.78 is 0. The summed E-state index contributed by atoms with van der Waals surface area (Å²) in [6.45, 7) is 1.01. The first-order valence-corrected chi connectivity index (χ1v) is 9.15. The number of hydrogen-bond acceptors (Lipinski definition) is 2. The quantitative estimate of drug-likeness (QED) is 0.783. The number of para-hydroxylation sites is 1. The predicted molar refractivity (Wildman–Crippen MR) is 105 cm³/mol. The molecule has 0 aliphatic carbocycles. The van der Waals surface area contributed by atoms with E-state index in [2.05, 4.69) is 10.6 Å². The third kappa shape index (κ3) is 4.68. The van der Waals surface area contributed by atoms with Gasteiger partial charge in [0.15, 0.2) is 0 Å². The molecule has 1 heterocycles. The lowest BCUT2D eigenvalue weighted by molar-refractivity contribution is -0.121. The van der Waals surface area contributed by atoms with Crippen LogP contribution in [0.15, 0.2) is 48.5 Å². The van der Waals surface area contributed by atoms with E-state index in [1.807, 2.05) is 30.3 Å². The lowest BCUT2D eigenvalue weighted by atomic mass is 9.97. The molecule has 1 fully saturated rings. The molecule has 2 aromatic rings. The molecule has 0 spiro atoms. The van der Waals surface area contributed by atoms with Crippen molar-refractivity contribution in [3.05, 3.63) is 58.6 Å². The van der Waals surface area contributed by atoms with Crippen molar-refractivity contribution in [3.63, 3.8) is 0 Å². The number of urea groups is 1. The third-order valence-electron chi connectivity index (χ3n) is 4.29. The molecule has 1 aliphatic heterocycles. The molecule has 3 rings (SSSR count). The van der Waals surface area contributed by atoms with Crippen molar-refractivity contribution in [2.75, 3.05) is 23.7 Å². The summed E-state index contributed by atoms with van der Waals surface area (Å²) in [4.78, 5) is 26.6. The summed E-state index contributed by atoms with van der Waals surface area (Å²) in [6.07, 6.45) is 1.52. The summed E-state index contributed by atoms with van der Waals surface area (Å²) in [5.41, 5.74) is 1.33. The van der Waals surface area contributed by atoms with Gasteiger partial charge >= 0.3 is 6.03 Å². The van der Waals surface area contributed by atoms with Crippen LogP contribution in [0.25, 0.3) is 0 Å². The number of carbonyl (C=O) groups excluding carboxylic acids is 2. The maximum Gasteiger partial charge on any atom is 0.321 e. The maximum atomic E-state index is 12.5. The fraction of sp³-hybridized carbons (Fsp3) is 0.263. The van der Waals surface area contributed by atoms with Crippen molar-refractivity contribution >= 4 is 46.5 Å². The first-order chi connectivity index (χ1) is 12.5. The van der Waals surface area contributed by atoms with Gasteiger partial charge in [-0.1, -0.05) is 41.4 Å². The first-order valence-electron chi connectivity index (χ1n) is 8.40. The molecule has 1 saturated heterocycles. The van der Waals surface area contributed by atoms with Crippen LogP contribution in [-0.4, -0.2) is 29.9 Å². The Kier molecular flexibility index (Phi) is 6.01. The summed E-state index contributed by atoms with van der Waals surface area (Å²) >= 11 is 11.9. The van der Waals surface area contributed by atoms with Gasteiger partial charge in [0.2, 0.25) is 5.91 Å². The van der Waals surface area contributed by atoms with Crippen LogP contribution in [0, 0.1) is 5.92 Å². The van der Waals surface area contributed by atoms with Gasteiger partial charge < -0.3 is 15.5 Å². The molecule has 5 nitrogen and oxygen atoms in total. The van der Waals surface area contributed by atoms with Crippen LogP contribution in [0.5, 0.6) is 0 Å². The Morgan fingerprint density at radius 1 is 0.962 bits per heavy atom. The minimum absolute atomic E-state index is 0.124. The van der Waals surface area contributed by atoms with E-state index in [1.165, 1.54) is 0 Å². The Morgan fingerprint density at radius 2 is 1.73 bits per heavy atom. The second-order valence-electron chi connectivity index (χ2n) is 6.20. The fourth-order valence-electron chi connectivity index (χ4n) is 2.92. The number of nitrogens with one attached hydrogen (secondary N) is 2. The van der Waals surface area contributed by atoms with Crippen molar-refractivity contribution in [1.29, 1.82) is 0 Å². The van der Waals surface area contributed by atoms with Gasteiger partial charge in [0.05, 0.1) is 16.0 Å². The molecule has 2 N–H and O–H groups in total. The summed E-state index contributed by atoms with van der Waals surface area (Å²) in [7, 11) is 0. The average Bonchev–Trinajstić information content (AvgIpc) is 2.65. The molecule has 0 aromatic heterocycles. The summed E-state index contributed by atoms with van der Waals surface area (Å²) in [5.74, 6) is -0.389. The van der Waals surface area contributed by atoms with E-state index in [0.717, 1.165) is 18.5 Å². The van der Waals surface area contributed by atoms with Crippen LogP contribution in [0.4, 0.5) is 16.2 Å². The zero-order valence-corrected chi connectivity index (χ0v) is 15.6. The Balaban J connectivity index is 1.59. The summed E-state index contributed by atoms with van der Waals surface area (Å²) in [6, 6.07) is 14.0. The van der Waals surface area contributed by atoms with Crippen molar-refractivity contribution < 1.29 is 9.59 Å². The molecule has 0 saturated carbocycles. The molecule has 1 atom stereocenters. The van der Waals surface area contributed by atoms with Crippen LogP contribution in [0.1, 0.15) is 12.8 Å². The van der Waals surface area contributed by atoms with Crippen LogP contribution >= 0.6 is 23.2 Å². The van der Waals surface area contributed by atoms with Crippen molar-refractivity contribution in [2.24, 2.45) is 5.92 Å². The molecule has 1 aliphatic rings. The largest absolute Gasteiger partial charge is 0.326 e. The number of likely N-dealkylation sites (tertiary alicyclic amines) is 1. The monoisotopic (exact) mass is 391 g/mol. The van der Waals surface area contributed by atoms with Crippen LogP contribution in [0.3, 0.4) is 0 Å². The highest BCUT2D eigenvalue weighted by Gasteiger charge is 2.28. The Hall–Kier alpha value is -2.24. The van der Waals surface area contributed by atoms with E-state index in [4.69, 9.17) is 23.2 Å². The van der Waals surface area contributed by atoms with Gasteiger partial charge in [-0.3, -0.25) is 4.79 Å². The standard InChI is InChI=1S/C19H19Cl2N3O2/c20-16-9-8-15(11-17(16)21)22-18(25)13-5-4-10-24(12-13)19(26)23-14-6-2-1-3-7-14/h1-3,6-9,11,13H,4-5,10,12H2,(H,22,25)(H,23,26)/t13-/m1/s1. The first kappa shape index (κ1) is 18.5. The SMILES string of the molecule is O=C(Nc1ccc(Cl)c(Cl)c1)[C@@H]1CCCN(C(=O)Nc2ccccc2)C1. The highest BCUT2D eigenvalue weighted by molar-refractivity contribution is 6.42. The predicted octanol–water partition coefficient (Wildman–Crippen LogP) is 4.88. The number of anilines is 2. The van der Waals surface area contributed by atoms with Gasteiger partial charge in [-0.15, -0.1) is 0 Å². The normalized spacial score (nSPS) is 16.8. The van der Waals surface area contributed by atoms with E-state index >= 15 is 0 Å². The minimum Gasteiger partial charge on any atom is -0.326 e. The van der Waals surface area contributed by atoms with Crippen LogP contribution < -0.4 is 10.6 Å². The molecular weight excluding hydrogens is 373 g/mol. The second-order valence-corrected chi connectivity index (χ2v) is 7.01. The fourth-order valence-corrected chi connectivity index (χ4v) is 3.22. The lowest BCUT2D eigenvalue weighted by Crippen LogP contribution is -2.45. The molecular formula is C19H19Cl2N3O2. The number of amides is 3. The van der Waals surface area contributed by atoms with Gasteiger partial charge in [-0.25, -0.2) is 4.79 Å². The van der Waals surface area contributed by atoms with Crippen LogP contribution in [-0.2, 0) is 4.79 Å². The smallest absolute Gasteiger partial charge is 0.321 e. The second kappa shape index (κ2) is 8.43. The molecule has 0 bridgehead atoms. The number of benzene rings is 2. The number of nitrogens with zero attached hydrogens (tertiary/aromatic N) is 1. The number of piperidine rings is 1. The number of carbonyl (C=O) groups is 2. The van der Waals surface area contributed by atoms with Crippen molar-refractivity contribution in [3.8, 4) is 0 Å². The highest BCUT2D eigenvalue weighted by atomic mass is 35.5. The molecule has 2 aromatic carbocycles. The van der Waals surface area contributed by atoms with Gasteiger partial charge in [-0.05, 0) is 43.2 Å². The van der Waals surface area contributed by atoms with Crippen LogP contribution in [0.2, 0.25) is 10.0 Å².